The Morgan fingerprint density at radius 2 is 2.10 bits per heavy atom. The molecule has 1 aromatic carbocycles. The van der Waals surface area contributed by atoms with E-state index in [9.17, 15) is 4.79 Å². The van der Waals surface area contributed by atoms with Gasteiger partial charge in [0.25, 0.3) is 5.91 Å². The van der Waals surface area contributed by atoms with Crippen LogP contribution in [0.25, 0.3) is 0 Å². The van der Waals surface area contributed by atoms with Crippen molar-refractivity contribution in [1.82, 2.24) is 5.32 Å². The molecule has 0 aliphatic rings. The van der Waals surface area contributed by atoms with E-state index in [4.69, 9.17) is 23.2 Å². The predicted molar refractivity (Wildman–Crippen MR) is 90.8 cm³/mol. The summed E-state index contributed by atoms with van der Waals surface area (Å²) < 4.78 is 1.35. The molecular formula is C15H16Cl2N2OS. The maximum atomic E-state index is 11.8. The molecule has 0 fully saturated rings. The molecule has 21 heavy (non-hydrogen) atoms. The summed E-state index contributed by atoms with van der Waals surface area (Å²) in [5.74, 6) is -0.0783. The molecule has 6 heteroatoms. The lowest BCUT2D eigenvalue weighted by Crippen LogP contribution is -2.22. The molecule has 0 aliphatic carbocycles. The third-order valence-corrected chi connectivity index (χ3v) is 4.51. The zero-order chi connectivity index (χ0) is 15.4. The Kier molecular flexibility index (Phi) is 5.51. The van der Waals surface area contributed by atoms with Crippen molar-refractivity contribution in [2.75, 3.05) is 11.9 Å². The molecule has 0 aliphatic heterocycles. The van der Waals surface area contributed by atoms with Crippen molar-refractivity contribution >= 4 is 46.1 Å². The van der Waals surface area contributed by atoms with Gasteiger partial charge in [0.05, 0.1) is 14.7 Å². The van der Waals surface area contributed by atoms with Gasteiger partial charge >= 0.3 is 0 Å². The van der Waals surface area contributed by atoms with E-state index in [0.717, 1.165) is 11.3 Å². The van der Waals surface area contributed by atoms with E-state index in [1.54, 1.807) is 6.07 Å². The highest BCUT2D eigenvalue weighted by Gasteiger charge is 2.14. The Morgan fingerprint density at radius 3 is 2.71 bits per heavy atom. The Labute approximate surface area is 138 Å². The van der Waals surface area contributed by atoms with Crippen LogP contribution in [0.1, 0.15) is 35.8 Å². The second kappa shape index (κ2) is 7.16. The third kappa shape index (κ3) is 4.13. The van der Waals surface area contributed by atoms with Crippen LogP contribution in [0.2, 0.25) is 8.67 Å². The Bertz CT molecular complexity index is 642. The first-order valence-electron chi connectivity index (χ1n) is 6.60. The summed E-state index contributed by atoms with van der Waals surface area (Å²) in [4.78, 5) is 11.8. The summed E-state index contributed by atoms with van der Waals surface area (Å²) in [5, 5.41) is 6.12. The number of anilines is 1. The summed E-state index contributed by atoms with van der Waals surface area (Å²) in [7, 11) is 0. The van der Waals surface area contributed by atoms with Crippen molar-refractivity contribution in [3.8, 4) is 0 Å². The first kappa shape index (κ1) is 16.1. The smallest absolute Gasteiger partial charge is 0.251 e. The fraction of sp³-hybridized carbons (Fsp3) is 0.267. The summed E-state index contributed by atoms with van der Waals surface area (Å²) in [6.07, 6.45) is 0. The average molecular weight is 343 g/mol. The number of rotatable bonds is 5. The maximum absolute atomic E-state index is 11.8. The number of benzene rings is 1. The molecule has 2 aromatic rings. The molecule has 0 saturated carbocycles. The Hall–Kier alpha value is -1.23. The topological polar surface area (TPSA) is 41.1 Å². The number of hydrogen-bond donors (Lipinski definition) is 2. The standard InChI is InChI=1S/C15H16Cl2N2OS/c1-3-18-15(20)10-5-4-6-11(7-10)19-9(2)12-8-13(16)21-14(12)17/h4-9,19H,3H2,1-2H3,(H,18,20). The highest BCUT2D eigenvalue weighted by molar-refractivity contribution is 7.20. The second-order valence-corrected chi connectivity index (χ2v) is 6.87. The molecule has 3 nitrogen and oxygen atoms in total. The van der Waals surface area contributed by atoms with Gasteiger partial charge in [-0.1, -0.05) is 29.3 Å². The SMILES string of the molecule is CCNC(=O)c1cccc(NC(C)c2cc(Cl)sc2Cl)c1. The lowest BCUT2D eigenvalue weighted by Gasteiger charge is -2.15. The van der Waals surface area contributed by atoms with E-state index in [-0.39, 0.29) is 11.9 Å². The number of amides is 1. The van der Waals surface area contributed by atoms with Crippen LogP contribution in [-0.2, 0) is 0 Å². The van der Waals surface area contributed by atoms with Crippen LogP contribution in [-0.4, -0.2) is 12.5 Å². The number of carbonyl (C=O) groups is 1. The molecule has 0 radical (unpaired) electrons. The first-order chi connectivity index (χ1) is 10.0. The molecule has 2 N–H and O–H groups in total. The van der Waals surface area contributed by atoms with Crippen molar-refractivity contribution in [2.24, 2.45) is 0 Å². The van der Waals surface area contributed by atoms with Crippen LogP contribution in [0.15, 0.2) is 30.3 Å². The lowest BCUT2D eigenvalue weighted by molar-refractivity contribution is 0.0956. The van der Waals surface area contributed by atoms with Crippen molar-refractivity contribution in [1.29, 1.82) is 0 Å². The zero-order valence-corrected chi connectivity index (χ0v) is 14.1. The molecule has 1 unspecified atom stereocenters. The van der Waals surface area contributed by atoms with Crippen molar-refractivity contribution in [2.45, 2.75) is 19.9 Å². The third-order valence-electron chi connectivity index (χ3n) is 2.99. The van der Waals surface area contributed by atoms with Crippen molar-refractivity contribution in [3.05, 3.63) is 50.1 Å². The lowest BCUT2D eigenvalue weighted by atomic mass is 10.1. The van der Waals surface area contributed by atoms with Gasteiger partial charge in [0.15, 0.2) is 0 Å². The summed E-state index contributed by atoms with van der Waals surface area (Å²) >= 11 is 13.5. The molecular weight excluding hydrogens is 327 g/mol. The van der Waals surface area contributed by atoms with Crippen LogP contribution < -0.4 is 10.6 Å². The predicted octanol–water partition coefficient (Wildman–Crippen LogP) is 4.98. The van der Waals surface area contributed by atoms with Gasteiger partial charge in [-0.05, 0) is 38.1 Å². The highest BCUT2D eigenvalue weighted by Crippen LogP contribution is 2.36. The van der Waals surface area contributed by atoms with Gasteiger partial charge in [-0.3, -0.25) is 4.79 Å². The molecule has 2 rings (SSSR count). The summed E-state index contributed by atoms with van der Waals surface area (Å²) in [5.41, 5.74) is 2.45. The number of nitrogens with one attached hydrogen (secondary N) is 2. The molecule has 1 amide bonds. The van der Waals surface area contributed by atoms with Crippen LogP contribution in [0.3, 0.4) is 0 Å². The summed E-state index contributed by atoms with van der Waals surface area (Å²) in [6, 6.07) is 9.24. The molecule has 0 saturated heterocycles. The molecule has 0 spiro atoms. The largest absolute Gasteiger partial charge is 0.378 e. The number of hydrogen-bond acceptors (Lipinski definition) is 3. The van der Waals surface area contributed by atoms with E-state index < -0.39 is 0 Å². The molecule has 0 bridgehead atoms. The quantitative estimate of drug-likeness (QED) is 0.804. The minimum atomic E-state index is -0.0783. The van der Waals surface area contributed by atoms with E-state index in [1.165, 1.54) is 11.3 Å². The van der Waals surface area contributed by atoms with Crippen LogP contribution in [0.4, 0.5) is 5.69 Å². The Morgan fingerprint density at radius 1 is 1.33 bits per heavy atom. The van der Waals surface area contributed by atoms with Gasteiger partial charge in [0.2, 0.25) is 0 Å². The van der Waals surface area contributed by atoms with Gasteiger partial charge in [0, 0.05) is 23.4 Å². The fourth-order valence-electron chi connectivity index (χ4n) is 1.99. The first-order valence-corrected chi connectivity index (χ1v) is 8.18. The number of thiophene rings is 1. The van der Waals surface area contributed by atoms with Crippen molar-refractivity contribution in [3.63, 3.8) is 0 Å². The second-order valence-electron chi connectivity index (χ2n) is 4.59. The fourth-order valence-corrected chi connectivity index (χ4v) is 3.63. The van der Waals surface area contributed by atoms with Gasteiger partial charge < -0.3 is 10.6 Å². The highest BCUT2D eigenvalue weighted by atomic mass is 35.5. The minimum Gasteiger partial charge on any atom is -0.378 e. The molecule has 1 atom stereocenters. The van der Waals surface area contributed by atoms with Crippen molar-refractivity contribution < 1.29 is 4.79 Å². The number of halogens is 2. The van der Waals surface area contributed by atoms with E-state index >= 15 is 0 Å². The zero-order valence-electron chi connectivity index (χ0n) is 11.7. The molecule has 1 heterocycles. The van der Waals surface area contributed by atoms with Gasteiger partial charge in [-0.15, -0.1) is 11.3 Å². The van der Waals surface area contributed by atoms with Crippen LogP contribution in [0.5, 0.6) is 0 Å². The average Bonchev–Trinajstić information content (AvgIpc) is 2.78. The van der Waals surface area contributed by atoms with Crippen LogP contribution >= 0.6 is 34.5 Å². The summed E-state index contributed by atoms with van der Waals surface area (Å²) in [6.45, 7) is 4.50. The van der Waals surface area contributed by atoms with Gasteiger partial charge in [-0.25, -0.2) is 0 Å². The molecule has 112 valence electrons. The van der Waals surface area contributed by atoms with E-state index in [1.807, 2.05) is 38.1 Å². The van der Waals surface area contributed by atoms with Gasteiger partial charge in [0.1, 0.15) is 0 Å². The number of carbonyl (C=O) groups excluding carboxylic acids is 1. The normalized spacial score (nSPS) is 12.0. The van der Waals surface area contributed by atoms with Gasteiger partial charge in [-0.2, -0.15) is 0 Å². The molecule has 1 aromatic heterocycles. The van der Waals surface area contributed by atoms with E-state index in [2.05, 4.69) is 10.6 Å². The van der Waals surface area contributed by atoms with E-state index in [0.29, 0.717) is 20.8 Å². The Balaban J connectivity index is 2.14. The maximum Gasteiger partial charge on any atom is 0.251 e. The monoisotopic (exact) mass is 342 g/mol. The minimum absolute atomic E-state index is 0.00531. The van der Waals surface area contributed by atoms with Crippen LogP contribution in [0, 0.1) is 0 Å².